The Balaban J connectivity index is 2.05. The van der Waals surface area contributed by atoms with Crippen LogP contribution in [0.15, 0.2) is 30.5 Å². The zero-order valence-electron chi connectivity index (χ0n) is 9.44. The van der Waals surface area contributed by atoms with Gasteiger partial charge in [0, 0.05) is 10.9 Å². The highest BCUT2D eigenvalue weighted by Crippen LogP contribution is 2.39. The van der Waals surface area contributed by atoms with Gasteiger partial charge in [0.1, 0.15) is 0 Å². The Morgan fingerprint density at radius 2 is 1.94 bits per heavy atom. The van der Waals surface area contributed by atoms with Gasteiger partial charge in [0.05, 0.1) is 23.3 Å². The summed E-state index contributed by atoms with van der Waals surface area (Å²) >= 11 is 5.89. The largest absolute Gasteiger partial charge is 0.396 e. The van der Waals surface area contributed by atoms with E-state index < -0.39 is 0 Å². The molecule has 1 aromatic carbocycles. The standard InChI is InChI=1S/C13H14ClN3/c14-10-4-6-11(7-5-10)17-13(9-2-1-3-9)12(15)8-16-17/h4-9H,1-3,15H2. The molecule has 0 amide bonds. The molecule has 17 heavy (non-hydrogen) atoms. The summed E-state index contributed by atoms with van der Waals surface area (Å²) in [5.41, 5.74) is 8.98. The molecule has 1 saturated carbocycles. The minimum Gasteiger partial charge on any atom is -0.396 e. The Bertz CT molecular complexity index is 526. The summed E-state index contributed by atoms with van der Waals surface area (Å²) in [6.45, 7) is 0. The minimum absolute atomic E-state index is 0.563. The van der Waals surface area contributed by atoms with Gasteiger partial charge in [-0.15, -0.1) is 0 Å². The highest BCUT2D eigenvalue weighted by Gasteiger charge is 2.26. The Morgan fingerprint density at radius 1 is 1.24 bits per heavy atom. The van der Waals surface area contributed by atoms with Gasteiger partial charge in [-0.1, -0.05) is 18.0 Å². The molecule has 1 aromatic heterocycles. The van der Waals surface area contributed by atoms with Crippen LogP contribution < -0.4 is 5.73 Å². The third kappa shape index (κ3) is 1.80. The molecule has 0 spiro atoms. The van der Waals surface area contributed by atoms with Gasteiger partial charge in [-0.3, -0.25) is 0 Å². The maximum atomic E-state index is 6.01. The summed E-state index contributed by atoms with van der Waals surface area (Å²) in [6, 6.07) is 7.69. The second-order valence-electron chi connectivity index (χ2n) is 4.50. The molecule has 0 aliphatic heterocycles. The van der Waals surface area contributed by atoms with Crippen molar-refractivity contribution in [2.45, 2.75) is 25.2 Å². The zero-order valence-corrected chi connectivity index (χ0v) is 10.2. The van der Waals surface area contributed by atoms with Crippen molar-refractivity contribution in [3.8, 4) is 5.69 Å². The molecule has 0 atom stereocenters. The van der Waals surface area contributed by atoms with Crippen molar-refractivity contribution in [1.82, 2.24) is 9.78 Å². The topological polar surface area (TPSA) is 43.8 Å². The predicted molar refractivity (Wildman–Crippen MR) is 69.6 cm³/mol. The first-order valence-electron chi connectivity index (χ1n) is 5.85. The van der Waals surface area contributed by atoms with Gasteiger partial charge >= 0.3 is 0 Å². The van der Waals surface area contributed by atoms with Crippen molar-refractivity contribution >= 4 is 17.3 Å². The molecule has 0 bridgehead atoms. The molecule has 0 radical (unpaired) electrons. The van der Waals surface area contributed by atoms with E-state index in [1.165, 1.54) is 19.3 Å². The monoisotopic (exact) mass is 247 g/mol. The second kappa shape index (κ2) is 4.08. The van der Waals surface area contributed by atoms with Gasteiger partial charge in [0.15, 0.2) is 0 Å². The number of hydrogen-bond acceptors (Lipinski definition) is 2. The number of nitrogen functional groups attached to an aromatic ring is 1. The van der Waals surface area contributed by atoms with Crippen LogP contribution in [0.3, 0.4) is 0 Å². The van der Waals surface area contributed by atoms with Crippen LogP contribution in [-0.4, -0.2) is 9.78 Å². The maximum Gasteiger partial charge on any atom is 0.0740 e. The lowest BCUT2D eigenvalue weighted by molar-refractivity contribution is 0.404. The van der Waals surface area contributed by atoms with Crippen molar-refractivity contribution in [3.05, 3.63) is 41.2 Å². The lowest BCUT2D eigenvalue weighted by Crippen LogP contribution is -2.15. The molecule has 4 heteroatoms. The summed E-state index contributed by atoms with van der Waals surface area (Å²) in [5.74, 6) is 0.563. The van der Waals surface area contributed by atoms with E-state index in [9.17, 15) is 0 Å². The van der Waals surface area contributed by atoms with Crippen LogP contribution in [0.1, 0.15) is 30.9 Å². The number of aromatic nitrogens is 2. The summed E-state index contributed by atoms with van der Waals surface area (Å²) in [5, 5.41) is 5.10. The number of halogens is 1. The first-order chi connectivity index (χ1) is 8.25. The quantitative estimate of drug-likeness (QED) is 0.884. The molecule has 2 N–H and O–H groups in total. The molecule has 0 unspecified atom stereocenters. The predicted octanol–water partition coefficient (Wildman–Crippen LogP) is 3.38. The molecular weight excluding hydrogens is 234 g/mol. The highest BCUT2D eigenvalue weighted by molar-refractivity contribution is 6.30. The van der Waals surface area contributed by atoms with Gasteiger partial charge in [-0.05, 0) is 37.1 Å². The van der Waals surface area contributed by atoms with Gasteiger partial charge in [-0.25, -0.2) is 4.68 Å². The van der Waals surface area contributed by atoms with Crippen LogP contribution in [0.25, 0.3) is 5.69 Å². The molecule has 0 saturated heterocycles. The Labute approximate surface area is 105 Å². The van der Waals surface area contributed by atoms with Crippen molar-refractivity contribution in [1.29, 1.82) is 0 Å². The molecule has 1 aliphatic carbocycles. The van der Waals surface area contributed by atoms with Crippen LogP contribution in [0.5, 0.6) is 0 Å². The third-order valence-electron chi connectivity index (χ3n) is 3.40. The average Bonchev–Trinajstić information content (AvgIpc) is 2.61. The molecule has 3 rings (SSSR count). The van der Waals surface area contributed by atoms with Gasteiger partial charge in [0.2, 0.25) is 0 Å². The lowest BCUT2D eigenvalue weighted by atomic mass is 9.82. The number of nitrogens with two attached hydrogens (primary N) is 1. The molecule has 1 aliphatic rings. The van der Waals surface area contributed by atoms with E-state index in [2.05, 4.69) is 5.10 Å². The first-order valence-corrected chi connectivity index (χ1v) is 6.23. The maximum absolute atomic E-state index is 6.01. The Morgan fingerprint density at radius 3 is 2.53 bits per heavy atom. The molecular formula is C13H14ClN3. The summed E-state index contributed by atoms with van der Waals surface area (Å²) in [7, 11) is 0. The molecule has 1 heterocycles. The molecule has 88 valence electrons. The summed E-state index contributed by atoms with van der Waals surface area (Å²) in [4.78, 5) is 0. The van der Waals surface area contributed by atoms with Crippen molar-refractivity contribution in [3.63, 3.8) is 0 Å². The van der Waals surface area contributed by atoms with E-state index in [1.807, 2.05) is 28.9 Å². The first kappa shape index (κ1) is 10.7. The molecule has 3 nitrogen and oxygen atoms in total. The smallest absolute Gasteiger partial charge is 0.0740 e. The fourth-order valence-electron chi connectivity index (χ4n) is 2.25. The van der Waals surface area contributed by atoms with E-state index in [0.717, 1.165) is 22.1 Å². The van der Waals surface area contributed by atoms with Crippen molar-refractivity contribution in [2.24, 2.45) is 0 Å². The fourth-order valence-corrected chi connectivity index (χ4v) is 2.37. The van der Waals surface area contributed by atoms with E-state index in [0.29, 0.717) is 5.92 Å². The summed E-state index contributed by atoms with van der Waals surface area (Å²) < 4.78 is 1.94. The van der Waals surface area contributed by atoms with E-state index in [4.69, 9.17) is 17.3 Å². The van der Waals surface area contributed by atoms with E-state index in [-0.39, 0.29) is 0 Å². The van der Waals surface area contributed by atoms with Gasteiger partial charge in [0.25, 0.3) is 0 Å². The molecule has 2 aromatic rings. The normalized spacial score (nSPS) is 15.8. The van der Waals surface area contributed by atoms with Gasteiger partial charge in [-0.2, -0.15) is 5.10 Å². The minimum atomic E-state index is 0.563. The van der Waals surface area contributed by atoms with Crippen LogP contribution in [0.2, 0.25) is 5.02 Å². The van der Waals surface area contributed by atoms with Crippen LogP contribution in [-0.2, 0) is 0 Å². The number of nitrogens with zero attached hydrogens (tertiary/aromatic N) is 2. The fraction of sp³-hybridized carbons (Fsp3) is 0.308. The van der Waals surface area contributed by atoms with Crippen LogP contribution in [0, 0.1) is 0 Å². The lowest BCUT2D eigenvalue weighted by Gasteiger charge is -2.26. The average molecular weight is 248 g/mol. The number of rotatable bonds is 2. The number of anilines is 1. The van der Waals surface area contributed by atoms with Gasteiger partial charge < -0.3 is 5.73 Å². The van der Waals surface area contributed by atoms with E-state index in [1.54, 1.807) is 6.20 Å². The number of benzene rings is 1. The Hall–Kier alpha value is -1.48. The van der Waals surface area contributed by atoms with Crippen molar-refractivity contribution < 1.29 is 0 Å². The SMILES string of the molecule is Nc1cnn(-c2ccc(Cl)cc2)c1C1CCC1. The molecule has 1 fully saturated rings. The summed E-state index contributed by atoms with van der Waals surface area (Å²) in [6.07, 6.45) is 5.45. The third-order valence-corrected chi connectivity index (χ3v) is 3.65. The number of hydrogen-bond donors (Lipinski definition) is 1. The highest BCUT2D eigenvalue weighted by atomic mass is 35.5. The Kier molecular flexibility index (Phi) is 2.56. The second-order valence-corrected chi connectivity index (χ2v) is 4.94. The zero-order chi connectivity index (χ0) is 11.8. The van der Waals surface area contributed by atoms with Crippen LogP contribution >= 0.6 is 11.6 Å². The van der Waals surface area contributed by atoms with Crippen molar-refractivity contribution in [2.75, 3.05) is 5.73 Å². The van der Waals surface area contributed by atoms with Crippen LogP contribution in [0.4, 0.5) is 5.69 Å². The van der Waals surface area contributed by atoms with E-state index >= 15 is 0 Å².